The van der Waals surface area contributed by atoms with Crippen LogP contribution in [0.25, 0.3) is 0 Å². The number of likely N-dealkylation sites (tertiary alicyclic amines) is 2. The van der Waals surface area contributed by atoms with Gasteiger partial charge in [-0.3, -0.25) is 19.3 Å². The molecule has 3 heterocycles. The fourth-order valence-corrected chi connectivity index (χ4v) is 5.83. The summed E-state index contributed by atoms with van der Waals surface area (Å²) in [6.07, 6.45) is 0.706. The molecule has 3 amide bonds. The molecule has 8 heteroatoms. The number of carbonyl (C=O) groups is 3. The van der Waals surface area contributed by atoms with Crippen molar-refractivity contribution >= 4 is 40.7 Å². The molecule has 0 radical (unpaired) electrons. The molecule has 0 saturated carbocycles. The largest absolute Gasteiger partial charge is 0.387 e. The van der Waals surface area contributed by atoms with Gasteiger partial charge in [0.1, 0.15) is 0 Å². The molecule has 2 saturated heterocycles. The van der Waals surface area contributed by atoms with Crippen molar-refractivity contribution in [1.82, 2.24) is 9.80 Å². The van der Waals surface area contributed by atoms with Crippen LogP contribution in [0.3, 0.4) is 0 Å². The number of halogens is 1. The number of carbonyl (C=O) groups excluding carboxylic acids is 3. The van der Waals surface area contributed by atoms with Gasteiger partial charge in [-0.25, -0.2) is 0 Å². The van der Waals surface area contributed by atoms with Crippen LogP contribution in [0.4, 0.5) is 0 Å². The topological polar surface area (TPSA) is 77.9 Å². The number of nitrogens with zero attached hydrogens (tertiary/aromatic N) is 2. The van der Waals surface area contributed by atoms with E-state index < -0.39 is 11.5 Å². The normalized spacial score (nSPS) is 23.5. The van der Waals surface area contributed by atoms with E-state index in [1.54, 1.807) is 29.2 Å². The number of piperidine rings is 1. The van der Waals surface area contributed by atoms with E-state index in [4.69, 9.17) is 11.6 Å². The van der Waals surface area contributed by atoms with Gasteiger partial charge in [0.25, 0.3) is 0 Å². The third kappa shape index (κ3) is 4.02. The van der Waals surface area contributed by atoms with E-state index in [2.05, 4.69) is 0 Å². The second kappa shape index (κ2) is 8.73. The second-order valence-corrected chi connectivity index (χ2v) is 9.74. The fraction of sp³-hybridized carbons (Fsp3) is 0.435. The number of imide groups is 1. The monoisotopic (exact) mass is 460 g/mol. The number of rotatable bonds is 5. The molecule has 0 bridgehead atoms. The highest BCUT2D eigenvalue weighted by molar-refractivity contribution is 7.10. The Hall–Kier alpha value is -2.22. The van der Waals surface area contributed by atoms with E-state index in [1.807, 2.05) is 17.5 Å². The number of aliphatic hydroxyl groups excluding tert-OH is 1. The molecule has 2 unspecified atom stereocenters. The first-order valence-corrected chi connectivity index (χ1v) is 11.6. The van der Waals surface area contributed by atoms with Crippen LogP contribution >= 0.6 is 22.9 Å². The van der Waals surface area contributed by atoms with Crippen molar-refractivity contribution < 1.29 is 19.5 Å². The highest BCUT2D eigenvalue weighted by atomic mass is 35.5. The van der Waals surface area contributed by atoms with E-state index in [-0.39, 0.29) is 36.5 Å². The number of likely N-dealkylation sites (N-methyl/N-ethyl adjacent to an activating group) is 1. The summed E-state index contributed by atoms with van der Waals surface area (Å²) in [7, 11) is 1.45. The SMILES string of the molecule is CN1C(=O)CC(CC(=O)N2CCC(C(O)c3cccs3)CC2)(c2ccccc2Cl)C1=O. The number of thiophene rings is 1. The standard InChI is InChI=1S/C23H25ClN2O4S/c1-25-19(27)13-23(22(25)30,16-5-2-3-6-17(16)24)14-20(28)26-10-8-15(9-11-26)21(29)18-7-4-12-31-18/h2-7,12,15,21,29H,8-11,13-14H2,1H3. The minimum absolute atomic E-state index is 0.0641. The van der Waals surface area contributed by atoms with Crippen molar-refractivity contribution in [3.05, 3.63) is 57.2 Å². The molecular weight excluding hydrogens is 436 g/mol. The third-order valence-corrected chi connectivity index (χ3v) is 7.83. The van der Waals surface area contributed by atoms with Gasteiger partial charge in [0.15, 0.2) is 0 Å². The molecule has 1 aromatic carbocycles. The van der Waals surface area contributed by atoms with Gasteiger partial charge in [0, 0.05) is 42.9 Å². The van der Waals surface area contributed by atoms with Gasteiger partial charge in [-0.05, 0) is 41.8 Å². The zero-order chi connectivity index (χ0) is 22.2. The molecule has 6 nitrogen and oxygen atoms in total. The highest BCUT2D eigenvalue weighted by Crippen LogP contribution is 2.43. The lowest BCUT2D eigenvalue weighted by atomic mass is 9.75. The Balaban J connectivity index is 1.50. The van der Waals surface area contributed by atoms with Gasteiger partial charge >= 0.3 is 0 Å². The average Bonchev–Trinajstić information content (AvgIpc) is 3.38. The molecule has 1 aromatic heterocycles. The van der Waals surface area contributed by atoms with E-state index in [9.17, 15) is 19.5 Å². The lowest BCUT2D eigenvalue weighted by Gasteiger charge is -2.36. The Morgan fingerprint density at radius 2 is 1.94 bits per heavy atom. The maximum absolute atomic E-state index is 13.2. The Morgan fingerprint density at radius 1 is 1.23 bits per heavy atom. The van der Waals surface area contributed by atoms with Gasteiger partial charge in [0.2, 0.25) is 17.7 Å². The van der Waals surface area contributed by atoms with Crippen molar-refractivity contribution in [3.63, 3.8) is 0 Å². The summed E-state index contributed by atoms with van der Waals surface area (Å²) >= 11 is 7.93. The molecule has 31 heavy (non-hydrogen) atoms. The van der Waals surface area contributed by atoms with Crippen LogP contribution in [0.1, 0.15) is 42.2 Å². The summed E-state index contributed by atoms with van der Waals surface area (Å²) in [5.74, 6) is -0.765. The fourth-order valence-electron chi connectivity index (χ4n) is 4.71. The van der Waals surface area contributed by atoms with Crippen LogP contribution in [0.2, 0.25) is 5.02 Å². The van der Waals surface area contributed by atoms with Gasteiger partial charge < -0.3 is 10.0 Å². The van der Waals surface area contributed by atoms with Gasteiger partial charge in [0.05, 0.1) is 11.5 Å². The molecule has 4 rings (SSSR count). The number of aliphatic hydroxyl groups is 1. The van der Waals surface area contributed by atoms with Crippen molar-refractivity contribution in [3.8, 4) is 0 Å². The summed E-state index contributed by atoms with van der Waals surface area (Å²) in [6.45, 7) is 1.03. The van der Waals surface area contributed by atoms with Crippen molar-refractivity contribution in [2.24, 2.45) is 5.92 Å². The molecule has 0 aliphatic carbocycles. The quantitative estimate of drug-likeness (QED) is 0.694. The number of amides is 3. The van der Waals surface area contributed by atoms with Crippen LogP contribution in [-0.2, 0) is 19.8 Å². The van der Waals surface area contributed by atoms with Crippen LogP contribution in [-0.4, -0.2) is 52.8 Å². The van der Waals surface area contributed by atoms with Crippen LogP contribution in [0.5, 0.6) is 0 Å². The molecule has 2 atom stereocenters. The van der Waals surface area contributed by atoms with E-state index in [0.717, 1.165) is 9.78 Å². The minimum Gasteiger partial charge on any atom is -0.387 e. The molecule has 2 aliphatic heterocycles. The Labute approximate surface area is 190 Å². The molecule has 0 spiro atoms. The Kier molecular flexibility index (Phi) is 6.19. The van der Waals surface area contributed by atoms with E-state index >= 15 is 0 Å². The van der Waals surface area contributed by atoms with Crippen LogP contribution < -0.4 is 0 Å². The van der Waals surface area contributed by atoms with Crippen LogP contribution in [0.15, 0.2) is 41.8 Å². The lowest BCUT2D eigenvalue weighted by Crippen LogP contribution is -2.45. The molecule has 2 aromatic rings. The number of benzene rings is 1. The number of hydrogen-bond acceptors (Lipinski definition) is 5. The van der Waals surface area contributed by atoms with Gasteiger partial charge in [-0.15, -0.1) is 11.3 Å². The van der Waals surface area contributed by atoms with Gasteiger partial charge in [-0.2, -0.15) is 0 Å². The molecule has 2 fully saturated rings. The molecule has 2 aliphatic rings. The first kappa shape index (κ1) is 22.0. The number of hydrogen-bond donors (Lipinski definition) is 1. The molecule has 164 valence electrons. The Morgan fingerprint density at radius 3 is 2.52 bits per heavy atom. The summed E-state index contributed by atoms with van der Waals surface area (Å²) in [5, 5.41) is 12.9. The summed E-state index contributed by atoms with van der Waals surface area (Å²) in [6, 6.07) is 10.8. The first-order valence-electron chi connectivity index (χ1n) is 10.4. The van der Waals surface area contributed by atoms with Crippen molar-refractivity contribution in [2.45, 2.75) is 37.2 Å². The van der Waals surface area contributed by atoms with E-state index in [1.165, 1.54) is 18.4 Å². The predicted molar refractivity (Wildman–Crippen MR) is 119 cm³/mol. The smallest absolute Gasteiger partial charge is 0.240 e. The summed E-state index contributed by atoms with van der Waals surface area (Å²) < 4.78 is 0. The zero-order valence-corrected chi connectivity index (χ0v) is 18.9. The van der Waals surface area contributed by atoms with Crippen molar-refractivity contribution in [2.75, 3.05) is 20.1 Å². The molecule has 1 N–H and O–H groups in total. The maximum Gasteiger partial charge on any atom is 0.240 e. The summed E-state index contributed by atoms with van der Waals surface area (Å²) in [5.41, 5.74) is -0.745. The maximum atomic E-state index is 13.2. The van der Waals surface area contributed by atoms with Crippen molar-refractivity contribution in [1.29, 1.82) is 0 Å². The van der Waals surface area contributed by atoms with Crippen LogP contribution in [0, 0.1) is 5.92 Å². The minimum atomic E-state index is -1.27. The average molecular weight is 461 g/mol. The summed E-state index contributed by atoms with van der Waals surface area (Å²) in [4.78, 5) is 42.5. The lowest BCUT2D eigenvalue weighted by molar-refractivity contribution is -0.142. The van der Waals surface area contributed by atoms with E-state index in [0.29, 0.717) is 36.5 Å². The van der Waals surface area contributed by atoms with Gasteiger partial charge in [-0.1, -0.05) is 35.9 Å². The third-order valence-electron chi connectivity index (χ3n) is 6.56. The predicted octanol–water partition coefficient (Wildman–Crippen LogP) is 3.39. The zero-order valence-electron chi connectivity index (χ0n) is 17.3. The highest BCUT2D eigenvalue weighted by Gasteiger charge is 2.53. The second-order valence-electron chi connectivity index (χ2n) is 8.35. The Bertz CT molecular complexity index is 987. The molecular formula is C23H25ClN2O4S. The first-order chi connectivity index (χ1) is 14.8.